The fraction of sp³-hybridized carbons (Fsp3) is 0.0909. The van der Waals surface area contributed by atoms with Crippen molar-refractivity contribution in [1.29, 1.82) is 0 Å². The average Bonchev–Trinajstić information content (AvgIpc) is 2.29. The van der Waals surface area contributed by atoms with E-state index < -0.39 is 0 Å². The Morgan fingerprint density at radius 2 is 2.06 bits per heavy atom. The van der Waals surface area contributed by atoms with Crippen LogP contribution in [0.5, 0.6) is 0 Å². The van der Waals surface area contributed by atoms with Gasteiger partial charge in [0.1, 0.15) is 5.02 Å². The number of hydrogen-bond acceptors (Lipinski definition) is 3. The van der Waals surface area contributed by atoms with Crippen molar-refractivity contribution in [3.8, 4) is 0 Å². The van der Waals surface area contributed by atoms with Crippen LogP contribution in [0.3, 0.4) is 0 Å². The van der Waals surface area contributed by atoms with E-state index in [4.69, 9.17) is 23.2 Å². The van der Waals surface area contributed by atoms with E-state index in [9.17, 15) is 0 Å². The largest absolute Gasteiger partial charge is 0.339 e. The quantitative estimate of drug-likeness (QED) is 0.817. The van der Waals surface area contributed by atoms with E-state index in [1.54, 1.807) is 0 Å². The Morgan fingerprint density at radius 1 is 1.29 bits per heavy atom. The van der Waals surface area contributed by atoms with E-state index in [0.29, 0.717) is 10.8 Å². The second-order valence-corrected chi connectivity index (χ2v) is 5.02. The minimum atomic E-state index is 0.156. The first kappa shape index (κ1) is 12.6. The first-order chi connectivity index (χ1) is 8.06. The fourth-order valence-electron chi connectivity index (χ4n) is 1.24. The first-order valence-electron chi connectivity index (χ1n) is 4.77. The summed E-state index contributed by atoms with van der Waals surface area (Å²) >= 11 is 15.1. The molecule has 1 heterocycles. The maximum absolute atomic E-state index is 5.96. The van der Waals surface area contributed by atoms with E-state index >= 15 is 0 Å². The van der Waals surface area contributed by atoms with Crippen LogP contribution in [0.25, 0.3) is 0 Å². The van der Waals surface area contributed by atoms with Crippen LogP contribution in [0.4, 0.5) is 11.5 Å². The number of aromatic nitrogens is 2. The van der Waals surface area contributed by atoms with Gasteiger partial charge >= 0.3 is 0 Å². The number of rotatable bonds is 2. The summed E-state index contributed by atoms with van der Waals surface area (Å²) in [5, 5.41) is 3.66. The molecule has 3 nitrogen and oxygen atoms in total. The van der Waals surface area contributed by atoms with Gasteiger partial charge in [0.2, 0.25) is 5.28 Å². The highest BCUT2D eigenvalue weighted by Crippen LogP contribution is 2.26. The fourth-order valence-corrected chi connectivity index (χ4v) is 1.89. The Hall–Kier alpha value is -0.840. The molecule has 6 heteroatoms. The smallest absolute Gasteiger partial charge is 0.224 e. The van der Waals surface area contributed by atoms with Crippen LogP contribution in [0, 0.1) is 6.92 Å². The predicted molar refractivity (Wildman–Crippen MR) is 74.2 cm³/mol. The number of anilines is 2. The standard InChI is InChI=1S/C11H8BrCl2N3/c1-6-2-3-7(4-8(6)12)16-10-9(13)5-15-11(14)17-10/h2-5H,1H3,(H,15,16,17). The number of halogens is 3. The molecule has 0 aliphatic carbocycles. The molecule has 0 amide bonds. The van der Waals surface area contributed by atoms with Crippen LogP contribution in [0.15, 0.2) is 28.9 Å². The van der Waals surface area contributed by atoms with Crippen LogP contribution < -0.4 is 5.32 Å². The zero-order valence-corrected chi connectivity index (χ0v) is 11.9. The number of nitrogens with one attached hydrogen (secondary N) is 1. The van der Waals surface area contributed by atoms with Crippen LogP contribution in [-0.4, -0.2) is 9.97 Å². The molecule has 1 aromatic heterocycles. The van der Waals surface area contributed by atoms with Gasteiger partial charge < -0.3 is 5.32 Å². The molecule has 1 N–H and O–H groups in total. The van der Waals surface area contributed by atoms with Crippen molar-refractivity contribution in [3.05, 3.63) is 44.7 Å². The lowest BCUT2D eigenvalue weighted by molar-refractivity contribution is 1.17. The second-order valence-electron chi connectivity index (χ2n) is 3.42. The Bertz CT molecular complexity index is 560. The molecule has 0 saturated carbocycles. The van der Waals surface area contributed by atoms with E-state index in [-0.39, 0.29) is 5.28 Å². The molecule has 0 fully saturated rings. The lowest BCUT2D eigenvalue weighted by atomic mass is 10.2. The molecule has 0 spiro atoms. The van der Waals surface area contributed by atoms with Gasteiger partial charge in [0.05, 0.1) is 6.20 Å². The summed E-state index contributed by atoms with van der Waals surface area (Å²) in [5.41, 5.74) is 2.03. The lowest BCUT2D eigenvalue weighted by Crippen LogP contribution is -1.96. The van der Waals surface area contributed by atoms with E-state index in [1.807, 2.05) is 25.1 Å². The maximum atomic E-state index is 5.96. The van der Waals surface area contributed by atoms with E-state index in [0.717, 1.165) is 15.7 Å². The van der Waals surface area contributed by atoms with Gasteiger partial charge in [-0.25, -0.2) is 4.98 Å². The maximum Gasteiger partial charge on any atom is 0.224 e. The second kappa shape index (κ2) is 5.21. The number of hydrogen-bond donors (Lipinski definition) is 1. The molecule has 1 aromatic carbocycles. The van der Waals surface area contributed by atoms with Gasteiger partial charge in [0, 0.05) is 10.2 Å². The molecule has 2 rings (SSSR count). The van der Waals surface area contributed by atoms with Crippen molar-refractivity contribution in [1.82, 2.24) is 9.97 Å². The first-order valence-corrected chi connectivity index (χ1v) is 6.32. The van der Waals surface area contributed by atoms with Crippen molar-refractivity contribution in [2.45, 2.75) is 6.92 Å². The van der Waals surface area contributed by atoms with Crippen molar-refractivity contribution >= 4 is 50.6 Å². The summed E-state index contributed by atoms with van der Waals surface area (Å²) in [6.07, 6.45) is 1.46. The van der Waals surface area contributed by atoms with Crippen molar-refractivity contribution in [2.75, 3.05) is 5.32 Å². The highest BCUT2D eigenvalue weighted by molar-refractivity contribution is 9.10. The van der Waals surface area contributed by atoms with Gasteiger partial charge in [-0.3, -0.25) is 0 Å². The zero-order chi connectivity index (χ0) is 12.4. The predicted octanol–water partition coefficient (Wildman–Crippen LogP) is 4.60. The summed E-state index contributed by atoms with van der Waals surface area (Å²) in [4.78, 5) is 7.80. The Kier molecular flexibility index (Phi) is 3.86. The highest BCUT2D eigenvalue weighted by atomic mass is 79.9. The van der Waals surface area contributed by atoms with Crippen LogP contribution >= 0.6 is 39.1 Å². The number of nitrogens with zero attached hydrogens (tertiary/aromatic N) is 2. The topological polar surface area (TPSA) is 37.8 Å². The molecule has 0 atom stereocenters. The van der Waals surface area contributed by atoms with Gasteiger partial charge in [-0.15, -0.1) is 0 Å². The van der Waals surface area contributed by atoms with Gasteiger partial charge in [-0.2, -0.15) is 4.98 Å². The molecule has 0 unspecified atom stereocenters. The highest BCUT2D eigenvalue weighted by Gasteiger charge is 2.05. The molecule has 2 aromatic rings. The van der Waals surface area contributed by atoms with Crippen molar-refractivity contribution < 1.29 is 0 Å². The third-order valence-electron chi connectivity index (χ3n) is 2.15. The summed E-state index contributed by atoms with van der Waals surface area (Å²) < 4.78 is 1.01. The van der Waals surface area contributed by atoms with Crippen LogP contribution in [0.2, 0.25) is 10.3 Å². The third-order valence-corrected chi connectivity index (χ3v) is 3.46. The molecule has 0 radical (unpaired) electrons. The van der Waals surface area contributed by atoms with Gasteiger partial charge in [-0.05, 0) is 36.2 Å². The number of aryl methyl sites for hydroxylation is 1. The van der Waals surface area contributed by atoms with E-state index in [1.165, 1.54) is 6.20 Å². The molecular weight excluding hydrogens is 325 g/mol. The SMILES string of the molecule is Cc1ccc(Nc2nc(Cl)ncc2Cl)cc1Br. The minimum absolute atomic E-state index is 0.156. The molecular formula is C11H8BrCl2N3. The van der Waals surface area contributed by atoms with Crippen molar-refractivity contribution in [2.24, 2.45) is 0 Å². The Labute approximate surface area is 117 Å². The Balaban J connectivity index is 2.31. The van der Waals surface area contributed by atoms with Gasteiger partial charge in [0.15, 0.2) is 5.82 Å². The third kappa shape index (κ3) is 3.09. The minimum Gasteiger partial charge on any atom is -0.339 e. The molecule has 0 bridgehead atoms. The lowest BCUT2D eigenvalue weighted by Gasteiger charge is -2.08. The normalized spacial score (nSPS) is 10.4. The Morgan fingerprint density at radius 3 is 2.76 bits per heavy atom. The molecule has 88 valence electrons. The van der Waals surface area contributed by atoms with Crippen LogP contribution in [-0.2, 0) is 0 Å². The monoisotopic (exact) mass is 331 g/mol. The summed E-state index contributed by atoms with van der Waals surface area (Å²) in [6, 6.07) is 5.87. The summed E-state index contributed by atoms with van der Waals surface area (Å²) in [5.74, 6) is 0.488. The number of benzene rings is 1. The van der Waals surface area contributed by atoms with Gasteiger partial charge in [-0.1, -0.05) is 33.6 Å². The zero-order valence-electron chi connectivity index (χ0n) is 8.84. The molecule has 0 aliphatic heterocycles. The van der Waals surface area contributed by atoms with Gasteiger partial charge in [0.25, 0.3) is 0 Å². The summed E-state index contributed by atoms with van der Waals surface area (Å²) in [6.45, 7) is 2.02. The van der Waals surface area contributed by atoms with Crippen molar-refractivity contribution in [3.63, 3.8) is 0 Å². The summed E-state index contributed by atoms with van der Waals surface area (Å²) in [7, 11) is 0. The van der Waals surface area contributed by atoms with Crippen LogP contribution in [0.1, 0.15) is 5.56 Å². The molecule has 17 heavy (non-hydrogen) atoms. The average molecular weight is 333 g/mol. The molecule has 0 saturated heterocycles. The van der Waals surface area contributed by atoms with E-state index in [2.05, 4.69) is 31.2 Å². The molecule has 0 aliphatic rings.